The molecule has 1 aromatic heterocycles. The topological polar surface area (TPSA) is 20.2 Å². The van der Waals surface area contributed by atoms with Crippen LogP contribution >= 0.6 is 11.3 Å². The summed E-state index contributed by atoms with van der Waals surface area (Å²) in [5, 5.41) is 12.6. The smallest absolute Gasteiger partial charge is 0.0799 e. The van der Waals surface area contributed by atoms with Crippen LogP contribution in [0.3, 0.4) is 0 Å². The second-order valence-corrected chi connectivity index (χ2v) is 2.35. The first-order valence-corrected chi connectivity index (χ1v) is 3.28. The van der Waals surface area contributed by atoms with Crippen LogP contribution in [0.15, 0.2) is 16.8 Å². The van der Waals surface area contributed by atoms with Crippen molar-refractivity contribution in [1.82, 2.24) is 0 Å². The lowest BCUT2D eigenvalue weighted by Crippen LogP contribution is -1.85. The van der Waals surface area contributed by atoms with E-state index >= 15 is 0 Å². The molecule has 0 spiro atoms. The third-order valence-electron chi connectivity index (χ3n) is 0.928. The van der Waals surface area contributed by atoms with Gasteiger partial charge in [0.1, 0.15) is 0 Å². The van der Waals surface area contributed by atoms with Crippen molar-refractivity contribution in [1.29, 1.82) is 0 Å². The largest absolute Gasteiger partial charge is 0.388 e. The van der Waals surface area contributed by atoms with E-state index in [1.807, 2.05) is 16.8 Å². The van der Waals surface area contributed by atoms with Gasteiger partial charge in [-0.1, -0.05) is 0 Å². The summed E-state index contributed by atoms with van der Waals surface area (Å²) in [6.45, 7) is 3.44. The molecule has 0 fully saturated rings. The molecule has 1 N–H and O–H groups in total. The summed E-state index contributed by atoms with van der Waals surface area (Å²) >= 11 is 1.57. The zero-order valence-electron chi connectivity index (χ0n) is 4.37. The summed E-state index contributed by atoms with van der Waals surface area (Å²) in [6, 6.07) is 1.86. The van der Waals surface area contributed by atoms with Gasteiger partial charge in [0.15, 0.2) is 0 Å². The van der Waals surface area contributed by atoms with Crippen LogP contribution in [0.4, 0.5) is 0 Å². The maximum absolute atomic E-state index is 8.81. The van der Waals surface area contributed by atoms with Gasteiger partial charge in [0.05, 0.1) is 6.10 Å². The van der Waals surface area contributed by atoms with Crippen LogP contribution in [0.2, 0.25) is 0 Å². The van der Waals surface area contributed by atoms with Crippen molar-refractivity contribution in [2.75, 3.05) is 0 Å². The predicted octanol–water partition coefficient (Wildman–Crippen LogP) is 1.62. The number of aliphatic hydroxyl groups excluding tert-OH is 1. The van der Waals surface area contributed by atoms with Crippen molar-refractivity contribution in [2.24, 2.45) is 0 Å². The first-order chi connectivity index (χ1) is 3.80. The molecule has 1 aromatic rings. The van der Waals surface area contributed by atoms with Gasteiger partial charge < -0.3 is 5.11 Å². The van der Waals surface area contributed by atoms with Crippen LogP contribution in [0.25, 0.3) is 0 Å². The molecule has 0 aliphatic heterocycles. The number of hydrogen-bond donors (Lipinski definition) is 1. The van der Waals surface area contributed by atoms with Gasteiger partial charge in [0.2, 0.25) is 0 Å². The molecule has 1 rings (SSSR count). The van der Waals surface area contributed by atoms with Crippen molar-refractivity contribution in [3.63, 3.8) is 0 Å². The third-order valence-corrected chi connectivity index (χ3v) is 1.63. The molecule has 1 heterocycles. The highest BCUT2D eigenvalue weighted by Crippen LogP contribution is 2.13. The average molecular weight is 127 g/mol. The van der Waals surface area contributed by atoms with Crippen molar-refractivity contribution in [3.8, 4) is 0 Å². The van der Waals surface area contributed by atoms with Gasteiger partial charge in [-0.2, -0.15) is 11.3 Å². The summed E-state index contributed by atoms with van der Waals surface area (Å²) in [5.74, 6) is 0. The van der Waals surface area contributed by atoms with E-state index in [0.29, 0.717) is 0 Å². The number of hydrogen-bond acceptors (Lipinski definition) is 2. The molecule has 2 heteroatoms. The molecule has 1 nitrogen and oxygen atoms in total. The van der Waals surface area contributed by atoms with Crippen LogP contribution in [-0.2, 0) is 0 Å². The molecule has 0 aliphatic rings. The van der Waals surface area contributed by atoms with Crippen molar-refractivity contribution >= 4 is 11.3 Å². The summed E-state index contributed by atoms with van der Waals surface area (Å²) in [4.78, 5) is 0. The second-order valence-electron chi connectivity index (χ2n) is 1.57. The van der Waals surface area contributed by atoms with Crippen molar-refractivity contribution < 1.29 is 5.11 Å². The van der Waals surface area contributed by atoms with E-state index in [1.54, 1.807) is 11.3 Å². The van der Waals surface area contributed by atoms with E-state index < -0.39 is 6.10 Å². The maximum atomic E-state index is 8.81. The lowest BCUT2D eigenvalue weighted by atomic mass is 10.2. The fourth-order valence-electron chi connectivity index (χ4n) is 0.465. The third kappa shape index (κ3) is 1.08. The summed E-state index contributed by atoms with van der Waals surface area (Å²) < 4.78 is 0. The molecule has 1 radical (unpaired) electrons. The highest BCUT2D eigenvalue weighted by atomic mass is 32.1. The van der Waals surface area contributed by atoms with Gasteiger partial charge in [0, 0.05) is 0 Å². The first-order valence-electron chi connectivity index (χ1n) is 2.34. The molecule has 0 bridgehead atoms. The van der Waals surface area contributed by atoms with Crippen LogP contribution in [-0.4, -0.2) is 5.11 Å². The molecular formula is C6H7OS. The SMILES string of the molecule is [CH2]C(O)c1ccsc1. The fraction of sp³-hybridized carbons (Fsp3) is 0.167. The van der Waals surface area contributed by atoms with Gasteiger partial charge >= 0.3 is 0 Å². The van der Waals surface area contributed by atoms with Crippen LogP contribution < -0.4 is 0 Å². The molecule has 0 aliphatic carbocycles. The molecular weight excluding hydrogens is 120 g/mol. The van der Waals surface area contributed by atoms with Crippen molar-refractivity contribution in [3.05, 3.63) is 29.3 Å². The molecule has 8 heavy (non-hydrogen) atoms. The zero-order valence-corrected chi connectivity index (χ0v) is 5.19. The summed E-state index contributed by atoms with van der Waals surface area (Å²) in [6.07, 6.45) is -0.554. The summed E-state index contributed by atoms with van der Waals surface area (Å²) in [7, 11) is 0. The van der Waals surface area contributed by atoms with Gasteiger partial charge in [-0.05, 0) is 29.3 Å². The molecule has 1 unspecified atom stereocenters. The Balaban J connectivity index is 2.77. The lowest BCUT2D eigenvalue weighted by molar-refractivity contribution is 0.226. The van der Waals surface area contributed by atoms with Gasteiger partial charge in [-0.3, -0.25) is 0 Å². The lowest BCUT2D eigenvalue weighted by Gasteiger charge is -1.95. The number of rotatable bonds is 1. The van der Waals surface area contributed by atoms with Crippen LogP contribution in [0, 0.1) is 6.92 Å². The van der Waals surface area contributed by atoms with Crippen molar-refractivity contribution in [2.45, 2.75) is 6.10 Å². The minimum atomic E-state index is -0.554. The Hall–Kier alpha value is -0.340. The highest BCUT2D eigenvalue weighted by molar-refractivity contribution is 7.07. The van der Waals surface area contributed by atoms with Crippen LogP contribution in [0.5, 0.6) is 0 Å². The van der Waals surface area contributed by atoms with Crippen LogP contribution in [0.1, 0.15) is 11.7 Å². The Kier molecular flexibility index (Phi) is 1.65. The fourth-order valence-corrected chi connectivity index (χ4v) is 1.17. The highest BCUT2D eigenvalue weighted by Gasteiger charge is 1.97. The van der Waals surface area contributed by atoms with Gasteiger partial charge in [-0.15, -0.1) is 0 Å². The minimum Gasteiger partial charge on any atom is -0.388 e. The van der Waals surface area contributed by atoms with Gasteiger partial charge in [-0.25, -0.2) is 0 Å². The average Bonchev–Trinajstić information content (AvgIpc) is 2.12. The van der Waals surface area contributed by atoms with E-state index in [0.717, 1.165) is 5.56 Å². The molecule has 1 atom stereocenters. The maximum Gasteiger partial charge on any atom is 0.0799 e. The molecule has 0 aromatic carbocycles. The van der Waals surface area contributed by atoms with E-state index in [9.17, 15) is 0 Å². The predicted molar refractivity (Wildman–Crippen MR) is 34.6 cm³/mol. The molecule has 0 saturated carbocycles. The Bertz CT molecular complexity index is 144. The Morgan fingerprint density at radius 1 is 1.75 bits per heavy atom. The monoisotopic (exact) mass is 127 g/mol. The quantitative estimate of drug-likeness (QED) is 0.607. The zero-order chi connectivity index (χ0) is 5.98. The minimum absolute atomic E-state index is 0.554. The van der Waals surface area contributed by atoms with E-state index in [-0.39, 0.29) is 0 Å². The Morgan fingerprint density at radius 3 is 2.75 bits per heavy atom. The Labute approximate surface area is 52.6 Å². The summed E-state index contributed by atoms with van der Waals surface area (Å²) in [5.41, 5.74) is 0.898. The molecule has 0 amide bonds. The standard InChI is InChI=1S/C6H7OS/c1-5(7)6-2-3-8-4-6/h2-5,7H,1H2. The number of aliphatic hydroxyl groups is 1. The molecule has 0 saturated heterocycles. The number of thiophene rings is 1. The first kappa shape index (κ1) is 5.79. The van der Waals surface area contributed by atoms with E-state index in [2.05, 4.69) is 6.92 Å². The Morgan fingerprint density at radius 2 is 2.50 bits per heavy atom. The molecule has 43 valence electrons. The van der Waals surface area contributed by atoms with E-state index in [4.69, 9.17) is 5.11 Å². The van der Waals surface area contributed by atoms with E-state index in [1.165, 1.54) is 0 Å². The van der Waals surface area contributed by atoms with Gasteiger partial charge in [0.25, 0.3) is 0 Å². The second kappa shape index (κ2) is 2.29. The normalized spacial score (nSPS) is 13.8.